The van der Waals surface area contributed by atoms with Crippen LogP contribution in [0.3, 0.4) is 0 Å². The van der Waals surface area contributed by atoms with Crippen LogP contribution in [0, 0.1) is 18.8 Å². The number of amides is 1. The summed E-state index contributed by atoms with van der Waals surface area (Å²) in [6.45, 7) is 5.76. The number of ether oxygens (including phenoxy) is 1. The third kappa shape index (κ3) is 4.90. The van der Waals surface area contributed by atoms with E-state index in [2.05, 4.69) is 5.32 Å². The van der Waals surface area contributed by atoms with Gasteiger partial charge >= 0.3 is 5.97 Å². The number of pyridine rings is 1. The predicted molar refractivity (Wildman–Crippen MR) is 102 cm³/mol. The molecule has 1 aliphatic carbocycles. The molecule has 0 bridgehead atoms. The number of carbonyl (C=O) groups excluding carboxylic acids is 1. The number of hydrogen-bond acceptors (Lipinski definition) is 4. The molecule has 0 spiro atoms. The quantitative estimate of drug-likeness (QED) is 0.760. The van der Waals surface area contributed by atoms with Crippen molar-refractivity contribution in [1.82, 2.24) is 9.88 Å². The van der Waals surface area contributed by atoms with Gasteiger partial charge in [-0.1, -0.05) is 33.1 Å². The maximum Gasteiger partial charge on any atom is 0.326 e. The molecule has 2 N–H and O–H groups in total. The summed E-state index contributed by atoms with van der Waals surface area (Å²) in [5.41, 5.74) is 0.202. The van der Waals surface area contributed by atoms with Gasteiger partial charge in [0.2, 0.25) is 0 Å². The Hall–Kier alpha value is -2.31. The number of nitrogens with one attached hydrogen (secondary N) is 1. The van der Waals surface area contributed by atoms with E-state index < -0.39 is 23.5 Å². The number of hydrogen-bond donors (Lipinski definition) is 2. The molecule has 7 nitrogen and oxygen atoms in total. The van der Waals surface area contributed by atoms with Gasteiger partial charge in [-0.25, -0.2) is 4.79 Å². The van der Waals surface area contributed by atoms with Crippen molar-refractivity contribution in [3.63, 3.8) is 0 Å². The van der Waals surface area contributed by atoms with Crippen LogP contribution in [0.5, 0.6) is 5.75 Å². The van der Waals surface area contributed by atoms with Gasteiger partial charge in [-0.2, -0.15) is 0 Å². The highest BCUT2D eigenvalue weighted by atomic mass is 16.5. The molecule has 0 aromatic carbocycles. The summed E-state index contributed by atoms with van der Waals surface area (Å²) in [6, 6.07) is 0.347. The Morgan fingerprint density at radius 2 is 1.93 bits per heavy atom. The molecule has 1 fully saturated rings. The van der Waals surface area contributed by atoms with Gasteiger partial charge in [0, 0.05) is 12.6 Å². The Labute approximate surface area is 159 Å². The average molecular weight is 378 g/mol. The molecule has 7 heteroatoms. The standard InChI is InChI=1S/C20H30N2O5/c1-12(2)17(20(25)26)21-18(23)15-10-16(27-4)13(3)22(19(15)24)11-14-8-6-5-7-9-14/h10,12,14,17H,5-9,11H2,1-4H3,(H,21,23)(H,25,26)/t17-/m0/s1. The zero-order chi connectivity index (χ0) is 20.1. The molecule has 0 unspecified atom stereocenters. The van der Waals surface area contributed by atoms with Crippen molar-refractivity contribution < 1.29 is 19.4 Å². The summed E-state index contributed by atoms with van der Waals surface area (Å²) in [7, 11) is 1.49. The van der Waals surface area contributed by atoms with Crippen LogP contribution in [0.4, 0.5) is 0 Å². The van der Waals surface area contributed by atoms with Gasteiger partial charge < -0.3 is 19.7 Å². The van der Waals surface area contributed by atoms with Crippen molar-refractivity contribution in [3.05, 3.63) is 27.7 Å². The van der Waals surface area contributed by atoms with Crippen molar-refractivity contribution >= 4 is 11.9 Å². The lowest BCUT2D eigenvalue weighted by Crippen LogP contribution is -2.46. The molecule has 1 amide bonds. The van der Waals surface area contributed by atoms with E-state index in [1.807, 2.05) is 0 Å². The number of aromatic nitrogens is 1. The molecule has 1 atom stereocenters. The van der Waals surface area contributed by atoms with Gasteiger partial charge in [-0.3, -0.25) is 9.59 Å². The van der Waals surface area contributed by atoms with E-state index in [1.165, 1.54) is 19.6 Å². The minimum Gasteiger partial charge on any atom is -0.495 e. The Kier molecular flexibility index (Phi) is 7.05. The molecule has 1 aliphatic rings. The normalized spacial score (nSPS) is 16.2. The molecule has 0 saturated heterocycles. The summed E-state index contributed by atoms with van der Waals surface area (Å²) in [5, 5.41) is 11.8. The molecule has 1 aromatic heterocycles. The van der Waals surface area contributed by atoms with E-state index in [9.17, 15) is 19.5 Å². The molecule has 150 valence electrons. The first kappa shape index (κ1) is 21.0. The van der Waals surface area contributed by atoms with Gasteiger partial charge in [0.1, 0.15) is 17.4 Å². The van der Waals surface area contributed by atoms with Crippen molar-refractivity contribution in [3.8, 4) is 5.75 Å². The molecule has 1 heterocycles. The van der Waals surface area contributed by atoms with Crippen LogP contribution in [-0.4, -0.2) is 34.7 Å². The fraction of sp³-hybridized carbons (Fsp3) is 0.650. The average Bonchev–Trinajstić information content (AvgIpc) is 2.63. The number of carboxylic acids is 1. The summed E-state index contributed by atoms with van der Waals surface area (Å²) in [6.07, 6.45) is 5.68. The highest BCUT2D eigenvalue weighted by Crippen LogP contribution is 2.26. The van der Waals surface area contributed by atoms with Crippen LogP contribution in [-0.2, 0) is 11.3 Å². The van der Waals surface area contributed by atoms with E-state index in [4.69, 9.17) is 4.74 Å². The molecule has 1 aromatic rings. The molecule has 0 aliphatic heterocycles. The lowest BCUT2D eigenvalue weighted by molar-refractivity contribution is -0.140. The highest BCUT2D eigenvalue weighted by Gasteiger charge is 2.27. The molecule has 27 heavy (non-hydrogen) atoms. The molecule has 0 radical (unpaired) electrons. The highest BCUT2D eigenvalue weighted by molar-refractivity contribution is 5.96. The Bertz CT molecular complexity index is 747. The van der Waals surface area contributed by atoms with Gasteiger partial charge in [0.25, 0.3) is 11.5 Å². The Morgan fingerprint density at radius 1 is 1.30 bits per heavy atom. The lowest BCUT2D eigenvalue weighted by Gasteiger charge is -2.25. The van der Waals surface area contributed by atoms with Crippen molar-refractivity contribution in [2.24, 2.45) is 11.8 Å². The van der Waals surface area contributed by atoms with Crippen LogP contribution < -0.4 is 15.6 Å². The molecule has 1 saturated carbocycles. The zero-order valence-electron chi connectivity index (χ0n) is 16.6. The van der Waals surface area contributed by atoms with E-state index in [0.717, 1.165) is 25.7 Å². The maximum absolute atomic E-state index is 13.0. The van der Waals surface area contributed by atoms with E-state index >= 15 is 0 Å². The van der Waals surface area contributed by atoms with Crippen molar-refractivity contribution in [1.29, 1.82) is 0 Å². The smallest absolute Gasteiger partial charge is 0.326 e. The number of aliphatic carboxylic acids is 1. The fourth-order valence-corrected chi connectivity index (χ4v) is 3.68. The van der Waals surface area contributed by atoms with Crippen LogP contribution in [0.25, 0.3) is 0 Å². The van der Waals surface area contributed by atoms with E-state index in [1.54, 1.807) is 25.3 Å². The van der Waals surface area contributed by atoms with Crippen molar-refractivity contribution in [2.75, 3.05) is 7.11 Å². The molecular formula is C20H30N2O5. The second-order valence-corrected chi connectivity index (χ2v) is 7.66. The first-order chi connectivity index (χ1) is 12.8. The number of methoxy groups -OCH3 is 1. The Balaban J connectivity index is 2.38. The summed E-state index contributed by atoms with van der Waals surface area (Å²) in [4.78, 5) is 37.0. The third-order valence-corrected chi connectivity index (χ3v) is 5.36. The minimum absolute atomic E-state index is 0.0832. The second-order valence-electron chi connectivity index (χ2n) is 7.66. The van der Waals surface area contributed by atoms with Crippen LogP contribution in [0.1, 0.15) is 62.0 Å². The van der Waals surface area contributed by atoms with Gasteiger partial charge in [0.05, 0.1) is 12.8 Å². The lowest BCUT2D eigenvalue weighted by atomic mass is 9.89. The maximum atomic E-state index is 13.0. The number of nitrogens with zero attached hydrogens (tertiary/aromatic N) is 1. The summed E-state index contributed by atoms with van der Waals surface area (Å²) < 4.78 is 6.97. The van der Waals surface area contributed by atoms with Crippen LogP contribution in [0.15, 0.2) is 10.9 Å². The SMILES string of the molecule is COc1cc(C(=O)N[C@H](C(=O)O)C(C)C)c(=O)n(CC2CCCCC2)c1C. The number of carboxylic acid groups (broad SMARTS) is 1. The molecular weight excluding hydrogens is 348 g/mol. The fourth-order valence-electron chi connectivity index (χ4n) is 3.68. The van der Waals surface area contributed by atoms with E-state index in [0.29, 0.717) is 23.9 Å². The predicted octanol–water partition coefficient (Wildman–Crippen LogP) is 2.58. The molecule has 2 rings (SSSR count). The third-order valence-electron chi connectivity index (χ3n) is 5.36. The van der Waals surface area contributed by atoms with Crippen LogP contribution in [0.2, 0.25) is 0 Å². The number of rotatable bonds is 7. The first-order valence-corrected chi connectivity index (χ1v) is 9.58. The monoisotopic (exact) mass is 378 g/mol. The zero-order valence-corrected chi connectivity index (χ0v) is 16.6. The largest absolute Gasteiger partial charge is 0.495 e. The summed E-state index contributed by atoms with van der Waals surface area (Å²) in [5.74, 6) is -1.26. The topological polar surface area (TPSA) is 97.6 Å². The van der Waals surface area contributed by atoms with Crippen molar-refractivity contribution in [2.45, 2.75) is 65.5 Å². The van der Waals surface area contributed by atoms with Crippen LogP contribution >= 0.6 is 0 Å². The van der Waals surface area contributed by atoms with Gasteiger partial charge in [-0.15, -0.1) is 0 Å². The van der Waals surface area contributed by atoms with Gasteiger partial charge in [0.15, 0.2) is 0 Å². The second kappa shape index (κ2) is 9.06. The van der Waals surface area contributed by atoms with Gasteiger partial charge in [-0.05, 0) is 31.6 Å². The summed E-state index contributed by atoms with van der Waals surface area (Å²) >= 11 is 0. The van der Waals surface area contributed by atoms with E-state index in [-0.39, 0.29) is 11.5 Å². The Morgan fingerprint density at radius 3 is 2.44 bits per heavy atom. The first-order valence-electron chi connectivity index (χ1n) is 9.58. The number of carbonyl (C=O) groups is 2. The minimum atomic E-state index is -1.13.